The number of benzene rings is 2. The highest BCUT2D eigenvalue weighted by molar-refractivity contribution is 5.78. The minimum Gasteiger partial charge on any atom is -0.497 e. The molecule has 0 radical (unpaired) electrons. The Balaban J connectivity index is 1.65. The average Bonchev–Trinajstić information content (AvgIpc) is 2.76. The first-order chi connectivity index (χ1) is 14.0. The maximum absolute atomic E-state index is 12.9. The first kappa shape index (κ1) is 21.0. The zero-order valence-electron chi connectivity index (χ0n) is 17.9. The second-order valence-electron chi connectivity index (χ2n) is 7.41. The lowest BCUT2D eigenvalue weighted by Crippen LogP contribution is -2.42. The van der Waals surface area contributed by atoms with Gasteiger partial charge in [0, 0.05) is 19.1 Å². The summed E-state index contributed by atoms with van der Waals surface area (Å²) in [5.74, 6) is 2.40. The Morgan fingerprint density at radius 2 is 1.66 bits per heavy atom. The van der Waals surface area contributed by atoms with Crippen molar-refractivity contribution < 1.29 is 19.0 Å². The Morgan fingerprint density at radius 1 is 1.03 bits per heavy atom. The molecule has 2 aromatic carbocycles. The maximum atomic E-state index is 12.9. The van der Waals surface area contributed by atoms with Crippen LogP contribution in [0.4, 0.5) is 0 Å². The predicted molar refractivity (Wildman–Crippen MR) is 113 cm³/mol. The van der Waals surface area contributed by atoms with E-state index in [9.17, 15) is 4.79 Å². The Morgan fingerprint density at radius 3 is 2.24 bits per heavy atom. The molecule has 0 aliphatic carbocycles. The van der Waals surface area contributed by atoms with Crippen molar-refractivity contribution in [2.75, 3.05) is 41.5 Å². The van der Waals surface area contributed by atoms with Crippen LogP contribution in [0, 0.1) is 0 Å². The average molecular weight is 399 g/mol. The number of hydrogen-bond donors (Lipinski definition) is 0. The van der Waals surface area contributed by atoms with Crippen molar-refractivity contribution in [2.45, 2.75) is 25.9 Å². The predicted octanol–water partition coefficient (Wildman–Crippen LogP) is 3.29. The van der Waals surface area contributed by atoms with Crippen LogP contribution in [-0.2, 0) is 17.8 Å². The van der Waals surface area contributed by atoms with Crippen LogP contribution in [-0.4, -0.2) is 57.2 Å². The van der Waals surface area contributed by atoms with Gasteiger partial charge < -0.3 is 19.1 Å². The molecular weight excluding hydrogens is 368 g/mol. The van der Waals surface area contributed by atoms with Crippen LogP contribution < -0.4 is 14.2 Å². The van der Waals surface area contributed by atoms with Gasteiger partial charge in [0.15, 0.2) is 11.5 Å². The SMILES string of the molecule is COc1ccc(C(C)N(C)CC(=O)N2CCc3cc(OC)c(OC)cc3C2)cc1. The third-order valence-corrected chi connectivity index (χ3v) is 5.71. The van der Waals surface area contributed by atoms with E-state index in [1.807, 2.05) is 48.3 Å². The fraction of sp³-hybridized carbons (Fsp3) is 0.435. The number of ether oxygens (including phenoxy) is 3. The van der Waals surface area contributed by atoms with Gasteiger partial charge in [-0.15, -0.1) is 0 Å². The van der Waals surface area contributed by atoms with Crippen LogP contribution in [0.2, 0.25) is 0 Å². The second-order valence-corrected chi connectivity index (χ2v) is 7.41. The van der Waals surface area contributed by atoms with E-state index in [1.54, 1.807) is 21.3 Å². The van der Waals surface area contributed by atoms with Gasteiger partial charge in [0.05, 0.1) is 27.9 Å². The van der Waals surface area contributed by atoms with E-state index in [4.69, 9.17) is 14.2 Å². The van der Waals surface area contributed by atoms with Crippen molar-refractivity contribution in [1.29, 1.82) is 0 Å². The summed E-state index contributed by atoms with van der Waals surface area (Å²) in [6.07, 6.45) is 0.819. The normalized spacial score (nSPS) is 14.3. The molecule has 1 amide bonds. The molecule has 0 bridgehead atoms. The van der Waals surface area contributed by atoms with Gasteiger partial charge in [0.2, 0.25) is 5.91 Å². The number of nitrogens with zero attached hydrogens (tertiary/aromatic N) is 2. The standard InChI is InChI=1S/C23H30N2O4/c1-16(17-6-8-20(27-3)9-7-17)24(2)15-23(26)25-11-10-18-12-21(28-4)22(29-5)13-19(18)14-25/h6-9,12-13,16H,10-11,14-15H2,1-5H3. The smallest absolute Gasteiger partial charge is 0.237 e. The highest BCUT2D eigenvalue weighted by atomic mass is 16.5. The molecule has 6 nitrogen and oxygen atoms in total. The molecule has 1 atom stereocenters. The summed E-state index contributed by atoms with van der Waals surface area (Å²) in [7, 11) is 6.92. The molecule has 156 valence electrons. The van der Waals surface area contributed by atoms with E-state index in [-0.39, 0.29) is 11.9 Å². The van der Waals surface area contributed by atoms with E-state index >= 15 is 0 Å². The van der Waals surface area contributed by atoms with E-state index < -0.39 is 0 Å². The number of carbonyl (C=O) groups is 1. The topological polar surface area (TPSA) is 51.2 Å². The number of hydrogen-bond acceptors (Lipinski definition) is 5. The quantitative estimate of drug-likeness (QED) is 0.716. The van der Waals surface area contributed by atoms with Crippen LogP contribution in [0.15, 0.2) is 36.4 Å². The zero-order valence-corrected chi connectivity index (χ0v) is 17.9. The monoisotopic (exact) mass is 398 g/mol. The molecule has 2 aromatic rings. The molecule has 1 heterocycles. The van der Waals surface area contributed by atoms with E-state index in [2.05, 4.69) is 11.8 Å². The zero-order chi connectivity index (χ0) is 21.0. The summed E-state index contributed by atoms with van der Waals surface area (Å²) in [4.78, 5) is 16.9. The highest BCUT2D eigenvalue weighted by Gasteiger charge is 2.24. The van der Waals surface area contributed by atoms with Crippen molar-refractivity contribution in [3.05, 3.63) is 53.1 Å². The van der Waals surface area contributed by atoms with Gasteiger partial charge in [-0.05, 0) is 61.3 Å². The van der Waals surface area contributed by atoms with Gasteiger partial charge in [-0.1, -0.05) is 12.1 Å². The number of fused-ring (bicyclic) bond motifs is 1. The fourth-order valence-corrected chi connectivity index (χ4v) is 3.68. The summed E-state index contributed by atoms with van der Waals surface area (Å²) in [5, 5.41) is 0. The van der Waals surface area contributed by atoms with Gasteiger partial charge >= 0.3 is 0 Å². The third kappa shape index (κ3) is 4.65. The molecule has 0 N–H and O–H groups in total. The molecule has 3 rings (SSSR count). The molecule has 1 aliphatic rings. The number of amides is 1. The lowest BCUT2D eigenvalue weighted by molar-refractivity contribution is -0.133. The summed E-state index contributed by atoms with van der Waals surface area (Å²) in [6.45, 7) is 3.79. The van der Waals surface area contributed by atoms with Gasteiger partial charge in [-0.3, -0.25) is 9.69 Å². The Hall–Kier alpha value is -2.73. The minimum atomic E-state index is 0.131. The van der Waals surface area contributed by atoms with Crippen molar-refractivity contribution in [3.63, 3.8) is 0 Å². The van der Waals surface area contributed by atoms with Gasteiger partial charge in [0.1, 0.15) is 5.75 Å². The Labute approximate surface area is 173 Å². The van der Waals surface area contributed by atoms with Crippen LogP contribution in [0.3, 0.4) is 0 Å². The third-order valence-electron chi connectivity index (χ3n) is 5.71. The molecule has 6 heteroatoms. The molecule has 0 fully saturated rings. The number of methoxy groups -OCH3 is 3. The highest BCUT2D eigenvalue weighted by Crippen LogP contribution is 2.33. The van der Waals surface area contributed by atoms with Crippen molar-refractivity contribution in [3.8, 4) is 17.2 Å². The Bertz CT molecular complexity index is 851. The molecule has 29 heavy (non-hydrogen) atoms. The largest absolute Gasteiger partial charge is 0.497 e. The van der Waals surface area contributed by atoms with E-state index in [0.717, 1.165) is 29.0 Å². The summed E-state index contributed by atoms with van der Waals surface area (Å²) in [5.41, 5.74) is 3.49. The van der Waals surface area contributed by atoms with Crippen LogP contribution in [0.25, 0.3) is 0 Å². The molecule has 1 aliphatic heterocycles. The Kier molecular flexibility index (Phi) is 6.64. The fourth-order valence-electron chi connectivity index (χ4n) is 3.68. The van der Waals surface area contributed by atoms with Crippen LogP contribution in [0.5, 0.6) is 17.2 Å². The van der Waals surface area contributed by atoms with Crippen molar-refractivity contribution in [2.24, 2.45) is 0 Å². The lowest BCUT2D eigenvalue weighted by Gasteiger charge is -2.32. The number of likely N-dealkylation sites (N-methyl/N-ethyl adjacent to an activating group) is 1. The van der Waals surface area contributed by atoms with Gasteiger partial charge in [0.25, 0.3) is 0 Å². The van der Waals surface area contributed by atoms with E-state index in [1.165, 1.54) is 5.56 Å². The molecule has 1 unspecified atom stereocenters. The summed E-state index contributed by atoms with van der Waals surface area (Å²) in [6, 6.07) is 12.1. The first-order valence-corrected chi connectivity index (χ1v) is 9.82. The number of carbonyl (C=O) groups excluding carboxylic acids is 1. The minimum absolute atomic E-state index is 0.131. The molecule has 0 aromatic heterocycles. The van der Waals surface area contributed by atoms with Crippen LogP contribution >= 0.6 is 0 Å². The summed E-state index contributed by atoms with van der Waals surface area (Å²) < 4.78 is 16.0. The molecule has 0 saturated carbocycles. The second kappa shape index (κ2) is 9.18. The van der Waals surface area contributed by atoms with Gasteiger partial charge in [-0.25, -0.2) is 0 Å². The number of rotatable bonds is 7. The van der Waals surface area contributed by atoms with Crippen molar-refractivity contribution >= 4 is 5.91 Å². The maximum Gasteiger partial charge on any atom is 0.237 e. The summed E-state index contributed by atoms with van der Waals surface area (Å²) >= 11 is 0. The molecule has 0 saturated heterocycles. The lowest BCUT2D eigenvalue weighted by atomic mass is 9.98. The molecular formula is C23H30N2O4. The first-order valence-electron chi connectivity index (χ1n) is 9.82. The van der Waals surface area contributed by atoms with Crippen molar-refractivity contribution in [1.82, 2.24) is 9.80 Å². The molecule has 0 spiro atoms. The van der Waals surface area contributed by atoms with E-state index in [0.29, 0.717) is 25.4 Å². The van der Waals surface area contributed by atoms with Gasteiger partial charge in [-0.2, -0.15) is 0 Å². The van der Waals surface area contributed by atoms with Crippen LogP contribution in [0.1, 0.15) is 29.7 Å².